The molecule has 0 aliphatic heterocycles. The average Bonchev–Trinajstić information content (AvgIpc) is 3.40. The van der Waals surface area contributed by atoms with Crippen molar-refractivity contribution in [3.05, 3.63) is 52.8 Å². The van der Waals surface area contributed by atoms with Crippen LogP contribution in [0.15, 0.2) is 30.3 Å². The first-order valence-electron chi connectivity index (χ1n) is 8.65. The Labute approximate surface area is 152 Å². The van der Waals surface area contributed by atoms with Crippen LogP contribution in [0, 0.1) is 25.2 Å². The van der Waals surface area contributed by atoms with Crippen molar-refractivity contribution in [1.82, 2.24) is 9.47 Å². The van der Waals surface area contributed by atoms with Gasteiger partial charge in [0.05, 0.1) is 29.3 Å². The number of carbonyl (C=O) groups is 2. The standard InChI is InChI=1S/C20H21N3O3/c1-13-12-17(20(25)26)14(2)23(13)18-7-4-3-6-16(18)19(24)22(11-5-10-21)15-8-9-15/h3-4,6-7,12,15H,5,8-9,11H2,1-2H3,(H,25,26). The minimum atomic E-state index is -0.984. The normalized spacial score (nSPS) is 13.3. The summed E-state index contributed by atoms with van der Waals surface area (Å²) in [5.74, 6) is -1.09. The van der Waals surface area contributed by atoms with Crippen LogP contribution >= 0.6 is 0 Å². The van der Waals surface area contributed by atoms with Crippen molar-refractivity contribution < 1.29 is 14.7 Å². The highest BCUT2D eigenvalue weighted by atomic mass is 16.4. The number of aromatic carboxylic acids is 1. The van der Waals surface area contributed by atoms with Gasteiger partial charge in [-0.15, -0.1) is 0 Å². The second-order valence-corrected chi connectivity index (χ2v) is 6.58. The van der Waals surface area contributed by atoms with Gasteiger partial charge in [0.1, 0.15) is 0 Å². The summed E-state index contributed by atoms with van der Waals surface area (Å²) in [4.78, 5) is 26.4. The van der Waals surface area contributed by atoms with E-state index in [2.05, 4.69) is 6.07 Å². The molecule has 1 aromatic carbocycles. The Morgan fingerprint density at radius 2 is 1.96 bits per heavy atom. The van der Waals surface area contributed by atoms with E-state index < -0.39 is 5.97 Å². The van der Waals surface area contributed by atoms with E-state index in [1.165, 1.54) is 0 Å². The minimum Gasteiger partial charge on any atom is -0.478 e. The largest absolute Gasteiger partial charge is 0.478 e. The molecule has 0 unspecified atom stereocenters. The van der Waals surface area contributed by atoms with Crippen LogP contribution in [0.3, 0.4) is 0 Å². The molecule has 1 saturated carbocycles. The summed E-state index contributed by atoms with van der Waals surface area (Å²) in [5.41, 5.74) is 2.77. The van der Waals surface area contributed by atoms with Gasteiger partial charge in [-0.05, 0) is 44.9 Å². The molecule has 0 spiro atoms. The van der Waals surface area contributed by atoms with Crippen LogP contribution in [0.5, 0.6) is 0 Å². The lowest BCUT2D eigenvalue weighted by atomic mass is 10.1. The number of nitriles is 1. The topological polar surface area (TPSA) is 86.3 Å². The van der Waals surface area contributed by atoms with E-state index in [9.17, 15) is 14.7 Å². The number of aryl methyl sites for hydroxylation is 1. The highest BCUT2D eigenvalue weighted by Gasteiger charge is 2.34. The van der Waals surface area contributed by atoms with Crippen LogP contribution in [0.4, 0.5) is 0 Å². The maximum atomic E-state index is 13.2. The van der Waals surface area contributed by atoms with E-state index >= 15 is 0 Å². The van der Waals surface area contributed by atoms with Gasteiger partial charge in [0.15, 0.2) is 0 Å². The first-order valence-corrected chi connectivity index (χ1v) is 8.65. The quantitative estimate of drug-likeness (QED) is 0.865. The number of hydrogen-bond acceptors (Lipinski definition) is 3. The first-order chi connectivity index (χ1) is 12.5. The lowest BCUT2D eigenvalue weighted by molar-refractivity contribution is 0.0695. The second-order valence-electron chi connectivity index (χ2n) is 6.58. The van der Waals surface area contributed by atoms with Gasteiger partial charge >= 0.3 is 5.97 Å². The molecule has 0 bridgehead atoms. The van der Waals surface area contributed by atoms with Crippen LogP contribution < -0.4 is 0 Å². The number of carboxylic acids is 1. The number of aromatic nitrogens is 1. The zero-order valence-electron chi connectivity index (χ0n) is 14.9. The molecule has 1 amide bonds. The van der Waals surface area contributed by atoms with Gasteiger partial charge in [0.25, 0.3) is 5.91 Å². The number of hydrogen-bond donors (Lipinski definition) is 1. The Morgan fingerprint density at radius 3 is 2.54 bits per heavy atom. The summed E-state index contributed by atoms with van der Waals surface area (Å²) in [6, 6.07) is 11.2. The van der Waals surface area contributed by atoms with Gasteiger partial charge in [0.2, 0.25) is 0 Å². The number of carboxylic acid groups (broad SMARTS) is 1. The van der Waals surface area contributed by atoms with Crippen molar-refractivity contribution >= 4 is 11.9 Å². The summed E-state index contributed by atoms with van der Waals surface area (Å²) in [5, 5.41) is 18.3. The first kappa shape index (κ1) is 17.7. The zero-order chi connectivity index (χ0) is 18.8. The third-order valence-corrected chi connectivity index (χ3v) is 4.75. The van der Waals surface area contributed by atoms with Gasteiger partial charge in [-0.25, -0.2) is 4.79 Å². The van der Waals surface area contributed by atoms with Gasteiger partial charge in [0, 0.05) is 24.0 Å². The monoisotopic (exact) mass is 351 g/mol. The molecule has 134 valence electrons. The molecule has 6 nitrogen and oxygen atoms in total. The Kier molecular flexibility index (Phi) is 4.81. The zero-order valence-corrected chi connectivity index (χ0v) is 14.9. The van der Waals surface area contributed by atoms with Crippen LogP contribution in [-0.2, 0) is 0 Å². The lowest BCUT2D eigenvalue weighted by Gasteiger charge is -2.23. The van der Waals surface area contributed by atoms with Crippen molar-refractivity contribution in [1.29, 1.82) is 5.26 Å². The Balaban J connectivity index is 2.06. The molecule has 0 atom stereocenters. The van der Waals surface area contributed by atoms with Crippen LogP contribution in [0.25, 0.3) is 5.69 Å². The summed E-state index contributed by atoms with van der Waals surface area (Å²) in [6.07, 6.45) is 2.23. The molecule has 1 fully saturated rings. The number of nitrogens with zero attached hydrogens (tertiary/aromatic N) is 3. The van der Waals surface area contributed by atoms with Crippen LogP contribution in [0.2, 0.25) is 0 Å². The number of rotatable bonds is 6. The smallest absolute Gasteiger partial charge is 0.337 e. The van der Waals surface area contributed by atoms with Crippen molar-refractivity contribution in [2.45, 2.75) is 39.2 Å². The third-order valence-electron chi connectivity index (χ3n) is 4.75. The molecule has 1 N–H and O–H groups in total. The molecule has 2 aromatic rings. The van der Waals surface area contributed by atoms with Crippen molar-refractivity contribution in [3.8, 4) is 11.8 Å². The summed E-state index contributed by atoms with van der Waals surface area (Å²) >= 11 is 0. The summed E-state index contributed by atoms with van der Waals surface area (Å²) in [7, 11) is 0. The molecule has 1 aromatic heterocycles. The minimum absolute atomic E-state index is 0.109. The summed E-state index contributed by atoms with van der Waals surface area (Å²) < 4.78 is 1.81. The molecule has 6 heteroatoms. The van der Waals surface area contributed by atoms with Gasteiger partial charge < -0.3 is 14.6 Å². The van der Waals surface area contributed by atoms with E-state index in [4.69, 9.17) is 5.26 Å². The fourth-order valence-corrected chi connectivity index (χ4v) is 3.36. The molecule has 1 aliphatic rings. The molecule has 0 saturated heterocycles. The molecule has 0 radical (unpaired) electrons. The van der Waals surface area contributed by atoms with E-state index in [0.717, 1.165) is 18.5 Å². The van der Waals surface area contributed by atoms with E-state index in [1.807, 2.05) is 23.6 Å². The number of para-hydroxylation sites is 1. The highest BCUT2D eigenvalue weighted by Crippen LogP contribution is 2.30. The molecular weight excluding hydrogens is 330 g/mol. The predicted molar refractivity (Wildman–Crippen MR) is 96.5 cm³/mol. The molecule has 3 rings (SSSR count). The average molecular weight is 351 g/mol. The van der Waals surface area contributed by atoms with Crippen LogP contribution in [0.1, 0.15) is 51.4 Å². The molecular formula is C20H21N3O3. The number of amides is 1. The van der Waals surface area contributed by atoms with E-state index in [1.54, 1.807) is 30.0 Å². The fraction of sp³-hybridized carbons (Fsp3) is 0.350. The van der Waals surface area contributed by atoms with Crippen molar-refractivity contribution in [2.24, 2.45) is 0 Å². The van der Waals surface area contributed by atoms with Crippen LogP contribution in [-0.4, -0.2) is 39.0 Å². The molecule has 1 heterocycles. The van der Waals surface area contributed by atoms with Crippen molar-refractivity contribution in [2.75, 3.05) is 6.54 Å². The third kappa shape index (κ3) is 3.21. The Hall–Kier alpha value is -3.07. The maximum Gasteiger partial charge on any atom is 0.337 e. The van der Waals surface area contributed by atoms with E-state index in [-0.39, 0.29) is 17.5 Å². The van der Waals surface area contributed by atoms with Gasteiger partial charge in [-0.1, -0.05) is 12.1 Å². The highest BCUT2D eigenvalue weighted by molar-refractivity contribution is 5.98. The van der Waals surface area contributed by atoms with Crippen molar-refractivity contribution in [3.63, 3.8) is 0 Å². The maximum absolute atomic E-state index is 13.2. The molecule has 26 heavy (non-hydrogen) atoms. The van der Waals surface area contributed by atoms with Gasteiger partial charge in [-0.3, -0.25) is 4.79 Å². The SMILES string of the molecule is Cc1cc(C(=O)O)c(C)n1-c1ccccc1C(=O)N(CCC#N)C1CC1. The Morgan fingerprint density at radius 1 is 1.27 bits per heavy atom. The fourth-order valence-electron chi connectivity index (χ4n) is 3.36. The van der Waals surface area contributed by atoms with E-state index in [0.29, 0.717) is 29.9 Å². The molecule has 1 aliphatic carbocycles. The second kappa shape index (κ2) is 7.04. The Bertz CT molecular complexity index is 904. The number of carbonyl (C=O) groups excluding carboxylic acids is 1. The van der Waals surface area contributed by atoms with Gasteiger partial charge in [-0.2, -0.15) is 5.26 Å². The summed E-state index contributed by atoms with van der Waals surface area (Å²) in [6.45, 7) is 3.99. The lowest BCUT2D eigenvalue weighted by Crippen LogP contribution is -2.34. The predicted octanol–water partition coefficient (Wildman–Crippen LogP) is 3.31. The number of benzene rings is 1.